The highest BCUT2D eigenvalue weighted by Crippen LogP contribution is 2.27. The van der Waals surface area contributed by atoms with Gasteiger partial charge in [0.1, 0.15) is 11.4 Å². The van der Waals surface area contributed by atoms with E-state index in [1.807, 2.05) is 30.3 Å². The van der Waals surface area contributed by atoms with Gasteiger partial charge in [-0.1, -0.05) is 30.3 Å². The number of aromatic amines is 1. The number of hydrogen-bond acceptors (Lipinski definition) is 4. The number of rotatable bonds is 3. The summed E-state index contributed by atoms with van der Waals surface area (Å²) in [5.41, 5.74) is 0.587. The van der Waals surface area contributed by atoms with Crippen LogP contribution in [0.3, 0.4) is 0 Å². The number of hydrogen-bond donors (Lipinski definition) is 3. The van der Waals surface area contributed by atoms with E-state index in [0.717, 1.165) is 5.56 Å². The van der Waals surface area contributed by atoms with E-state index in [9.17, 15) is 19.8 Å². The van der Waals surface area contributed by atoms with E-state index in [1.54, 1.807) is 4.90 Å². The molecule has 0 bridgehead atoms. The lowest BCUT2D eigenvalue weighted by molar-refractivity contribution is -0.0163. The standard InChI is InChI=1S/C22H22N2O4/c25-16-6-7-17-18(12-16)23-19(13-20(17)26)21(27)24-10-8-22(28,9-11-24)14-15-4-2-1-3-5-15/h1-7,12-13,25,28H,8-11,14H2,(H,23,26). The van der Waals surface area contributed by atoms with Crippen LogP contribution >= 0.6 is 0 Å². The zero-order chi connectivity index (χ0) is 19.7. The van der Waals surface area contributed by atoms with Gasteiger partial charge < -0.3 is 20.1 Å². The molecule has 0 spiro atoms. The molecule has 144 valence electrons. The number of carbonyl (C=O) groups is 1. The van der Waals surface area contributed by atoms with Crippen molar-refractivity contribution in [3.8, 4) is 5.75 Å². The number of amides is 1. The smallest absolute Gasteiger partial charge is 0.270 e. The molecule has 0 atom stereocenters. The zero-order valence-corrected chi connectivity index (χ0v) is 15.4. The molecule has 4 rings (SSSR count). The summed E-state index contributed by atoms with van der Waals surface area (Å²) in [4.78, 5) is 29.8. The number of piperidine rings is 1. The number of carbonyl (C=O) groups excluding carboxylic acids is 1. The van der Waals surface area contributed by atoms with Gasteiger partial charge in [-0.05, 0) is 30.5 Å². The van der Waals surface area contributed by atoms with Gasteiger partial charge in [0, 0.05) is 37.0 Å². The van der Waals surface area contributed by atoms with Crippen LogP contribution in [0.25, 0.3) is 10.9 Å². The number of nitrogens with one attached hydrogen (secondary N) is 1. The van der Waals surface area contributed by atoms with Crippen molar-refractivity contribution in [1.29, 1.82) is 0 Å². The van der Waals surface area contributed by atoms with Gasteiger partial charge in [0.25, 0.3) is 5.91 Å². The van der Waals surface area contributed by atoms with Crippen LogP contribution in [0, 0.1) is 0 Å². The highest BCUT2D eigenvalue weighted by atomic mass is 16.3. The second kappa shape index (κ2) is 7.13. The predicted octanol–water partition coefficient (Wildman–Crippen LogP) is 2.44. The van der Waals surface area contributed by atoms with Crippen LogP contribution in [-0.2, 0) is 6.42 Å². The van der Waals surface area contributed by atoms with Crippen molar-refractivity contribution >= 4 is 16.8 Å². The first-order valence-electron chi connectivity index (χ1n) is 9.35. The van der Waals surface area contributed by atoms with Gasteiger partial charge in [-0.2, -0.15) is 0 Å². The number of fused-ring (bicyclic) bond motifs is 1. The van der Waals surface area contributed by atoms with Crippen LogP contribution in [0.1, 0.15) is 28.9 Å². The Labute approximate surface area is 162 Å². The van der Waals surface area contributed by atoms with Crippen molar-refractivity contribution in [2.45, 2.75) is 24.9 Å². The lowest BCUT2D eigenvalue weighted by Gasteiger charge is -2.38. The zero-order valence-electron chi connectivity index (χ0n) is 15.4. The molecule has 28 heavy (non-hydrogen) atoms. The number of phenols is 1. The van der Waals surface area contributed by atoms with Crippen LogP contribution < -0.4 is 5.43 Å². The van der Waals surface area contributed by atoms with Gasteiger partial charge in [0.15, 0.2) is 5.43 Å². The summed E-state index contributed by atoms with van der Waals surface area (Å²) >= 11 is 0. The average molecular weight is 378 g/mol. The molecule has 1 fully saturated rings. The molecule has 6 nitrogen and oxygen atoms in total. The monoisotopic (exact) mass is 378 g/mol. The van der Waals surface area contributed by atoms with Crippen LogP contribution in [0.15, 0.2) is 59.4 Å². The molecule has 1 amide bonds. The van der Waals surface area contributed by atoms with E-state index in [4.69, 9.17) is 0 Å². The second-order valence-electron chi connectivity index (χ2n) is 7.46. The van der Waals surface area contributed by atoms with E-state index in [2.05, 4.69) is 4.98 Å². The molecule has 3 N–H and O–H groups in total. The van der Waals surface area contributed by atoms with Gasteiger partial charge in [0.05, 0.1) is 11.1 Å². The Hall–Kier alpha value is -3.12. The lowest BCUT2D eigenvalue weighted by atomic mass is 9.85. The summed E-state index contributed by atoms with van der Waals surface area (Å²) in [6, 6.07) is 15.5. The van der Waals surface area contributed by atoms with Crippen LogP contribution in [0.4, 0.5) is 0 Å². The molecular weight excluding hydrogens is 356 g/mol. The van der Waals surface area contributed by atoms with Gasteiger partial charge >= 0.3 is 0 Å². The van der Waals surface area contributed by atoms with Crippen molar-refractivity contribution in [1.82, 2.24) is 9.88 Å². The van der Waals surface area contributed by atoms with Crippen molar-refractivity contribution < 1.29 is 15.0 Å². The SMILES string of the molecule is O=C(c1cc(=O)c2ccc(O)cc2[nH]1)N1CCC(O)(Cc2ccccc2)CC1. The normalized spacial score (nSPS) is 16.2. The fourth-order valence-electron chi connectivity index (χ4n) is 3.80. The topological polar surface area (TPSA) is 93.6 Å². The van der Waals surface area contributed by atoms with Crippen LogP contribution in [-0.4, -0.2) is 44.7 Å². The quantitative estimate of drug-likeness (QED) is 0.653. The fourth-order valence-corrected chi connectivity index (χ4v) is 3.80. The van der Waals surface area contributed by atoms with Gasteiger partial charge in [-0.3, -0.25) is 9.59 Å². The minimum absolute atomic E-state index is 0.0247. The predicted molar refractivity (Wildman–Crippen MR) is 106 cm³/mol. The molecule has 0 aliphatic carbocycles. The number of H-pyrrole nitrogens is 1. The van der Waals surface area contributed by atoms with E-state index in [0.29, 0.717) is 43.3 Å². The number of phenolic OH excluding ortho intramolecular Hbond substituents is 1. The van der Waals surface area contributed by atoms with Crippen LogP contribution in [0.2, 0.25) is 0 Å². The maximum Gasteiger partial charge on any atom is 0.270 e. The number of likely N-dealkylation sites (tertiary alicyclic amines) is 1. The highest BCUT2D eigenvalue weighted by Gasteiger charge is 2.34. The molecule has 2 heterocycles. The Morgan fingerprint density at radius 2 is 1.79 bits per heavy atom. The molecule has 0 unspecified atom stereocenters. The Balaban J connectivity index is 1.50. The third-order valence-corrected chi connectivity index (χ3v) is 5.40. The molecule has 0 radical (unpaired) electrons. The first-order valence-corrected chi connectivity index (χ1v) is 9.35. The minimum Gasteiger partial charge on any atom is -0.508 e. The summed E-state index contributed by atoms with van der Waals surface area (Å²) in [5.74, 6) is -0.249. The molecule has 1 aliphatic rings. The highest BCUT2D eigenvalue weighted by molar-refractivity contribution is 5.95. The van der Waals surface area contributed by atoms with Gasteiger partial charge in [-0.15, -0.1) is 0 Å². The third-order valence-electron chi connectivity index (χ3n) is 5.40. The Bertz CT molecular complexity index is 1070. The second-order valence-corrected chi connectivity index (χ2v) is 7.46. The number of aromatic hydroxyl groups is 1. The number of benzene rings is 2. The number of aromatic nitrogens is 1. The first kappa shape index (κ1) is 18.3. The first-order chi connectivity index (χ1) is 13.4. The average Bonchev–Trinajstić information content (AvgIpc) is 2.68. The third kappa shape index (κ3) is 3.64. The molecular formula is C22H22N2O4. The Morgan fingerprint density at radius 1 is 1.07 bits per heavy atom. The molecule has 1 saturated heterocycles. The van der Waals surface area contributed by atoms with Gasteiger partial charge in [0.2, 0.25) is 0 Å². The summed E-state index contributed by atoms with van der Waals surface area (Å²) in [6.07, 6.45) is 1.51. The van der Waals surface area contributed by atoms with E-state index in [-0.39, 0.29) is 22.8 Å². The summed E-state index contributed by atoms with van der Waals surface area (Å²) in [6.45, 7) is 0.838. The van der Waals surface area contributed by atoms with Crippen molar-refractivity contribution in [2.75, 3.05) is 13.1 Å². The van der Waals surface area contributed by atoms with Crippen molar-refractivity contribution in [3.05, 3.63) is 76.1 Å². The summed E-state index contributed by atoms with van der Waals surface area (Å²) < 4.78 is 0. The van der Waals surface area contributed by atoms with E-state index in [1.165, 1.54) is 24.3 Å². The molecule has 3 aromatic rings. The maximum absolute atomic E-state index is 12.9. The molecule has 2 aromatic carbocycles. The van der Waals surface area contributed by atoms with E-state index >= 15 is 0 Å². The number of pyridine rings is 1. The Morgan fingerprint density at radius 3 is 2.50 bits per heavy atom. The maximum atomic E-state index is 12.9. The van der Waals surface area contributed by atoms with E-state index < -0.39 is 5.60 Å². The fraction of sp³-hybridized carbons (Fsp3) is 0.273. The molecule has 1 aromatic heterocycles. The molecule has 0 saturated carbocycles. The van der Waals surface area contributed by atoms with Crippen molar-refractivity contribution in [2.24, 2.45) is 0 Å². The summed E-state index contributed by atoms with van der Waals surface area (Å²) in [5, 5.41) is 20.9. The minimum atomic E-state index is -0.833. The van der Waals surface area contributed by atoms with Crippen molar-refractivity contribution in [3.63, 3.8) is 0 Å². The van der Waals surface area contributed by atoms with Gasteiger partial charge in [-0.25, -0.2) is 0 Å². The number of aliphatic hydroxyl groups is 1. The largest absolute Gasteiger partial charge is 0.508 e. The molecule has 6 heteroatoms. The lowest BCUT2D eigenvalue weighted by Crippen LogP contribution is -2.48. The molecule has 1 aliphatic heterocycles. The Kier molecular flexibility index (Phi) is 4.65. The summed E-state index contributed by atoms with van der Waals surface area (Å²) in [7, 11) is 0. The van der Waals surface area contributed by atoms with Crippen LogP contribution in [0.5, 0.6) is 5.75 Å². The number of nitrogens with zero attached hydrogens (tertiary/aromatic N) is 1.